The Morgan fingerprint density at radius 1 is 1.10 bits per heavy atom. The largest absolute Gasteiger partial charge is 0.504 e. The molecule has 4 nitrogen and oxygen atoms in total. The van der Waals surface area contributed by atoms with Crippen molar-refractivity contribution in [3.05, 3.63) is 41.0 Å². The molecule has 0 saturated heterocycles. The number of hydrogen-bond acceptors (Lipinski definition) is 3. The van der Waals surface area contributed by atoms with Crippen LogP contribution in [0.5, 0.6) is 11.5 Å². The molecule has 8 atom stereocenters. The Kier molecular flexibility index (Phi) is 9.22. The number of aliphatic carboxylic acids is 1. The minimum Gasteiger partial charge on any atom is -0.504 e. The Bertz CT molecular complexity index is 1200. The Hall–Kier alpha value is -2.23. The summed E-state index contributed by atoms with van der Waals surface area (Å²) in [5.74, 6) is 4.53. The smallest absolute Gasteiger partial charge is 0.331 e. The minimum atomic E-state index is -0.839. The van der Waals surface area contributed by atoms with Crippen molar-refractivity contribution < 1.29 is 19.7 Å². The SMILES string of the molecule is CC[C@H](CCCC(C)C)[C@H]1CCC2C3CC=C4CC(C(=Cc5ccc(O)c(OC)c5)C(=O)O)CC[C@]4(C)C3CC[C@@]21C. The number of carbonyl (C=O) groups is 1. The molecule has 3 saturated carbocycles. The summed E-state index contributed by atoms with van der Waals surface area (Å²) in [6, 6.07) is 5.06. The topological polar surface area (TPSA) is 66.8 Å². The molecule has 0 spiro atoms. The highest BCUT2D eigenvalue weighted by molar-refractivity contribution is 5.93. The van der Waals surface area contributed by atoms with Crippen LogP contribution in [0.2, 0.25) is 0 Å². The lowest BCUT2D eigenvalue weighted by Crippen LogP contribution is -2.50. The third-order valence-corrected chi connectivity index (χ3v) is 12.8. The van der Waals surface area contributed by atoms with Gasteiger partial charge in [-0.1, -0.05) is 78.0 Å². The number of ether oxygens (including phenoxy) is 1. The van der Waals surface area contributed by atoms with Crippen LogP contribution in [0.15, 0.2) is 35.4 Å². The van der Waals surface area contributed by atoms with Gasteiger partial charge < -0.3 is 14.9 Å². The van der Waals surface area contributed by atoms with Crippen molar-refractivity contribution in [1.82, 2.24) is 0 Å². The summed E-state index contributed by atoms with van der Waals surface area (Å²) in [6.07, 6.45) is 19.4. The van der Waals surface area contributed by atoms with Crippen molar-refractivity contribution in [2.75, 3.05) is 7.11 Å². The number of methoxy groups -OCH3 is 1. The summed E-state index contributed by atoms with van der Waals surface area (Å²) in [4.78, 5) is 12.5. The summed E-state index contributed by atoms with van der Waals surface area (Å²) in [7, 11) is 1.52. The number of allylic oxidation sites excluding steroid dienone is 2. The summed E-state index contributed by atoms with van der Waals surface area (Å²) in [6.45, 7) is 12.4. The molecule has 4 aliphatic rings. The number of carboxylic acids is 1. The van der Waals surface area contributed by atoms with Crippen molar-refractivity contribution in [1.29, 1.82) is 0 Å². The van der Waals surface area contributed by atoms with Crippen molar-refractivity contribution in [3.63, 3.8) is 0 Å². The minimum absolute atomic E-state index is 0.0130. The molecule has 0 aliphatic heterocycles. The fourth-order valence-electron chi connectivity index (χ4n) is 10.5. The number of aromatic hydroxyl groups is 1. The number of rotatable bonds is 10. The summed E-state index contributed by atoms with van der Waals surface area (Å²) >= 11 is 0. The zero-order valence-electron chi connectivity index (χ0n) is 27.1. The van der Waals surface area contributed by atoms with E-state index in [2.05, 4.69) is 40.7 Å². The third-order valence-electron chi connectivity index (χ3n) is 12.8. The van der Waals surface area contributed by atoms with Crippen LogP contribution in [0.4, 0.5) is 0 Å². The van der Waals surface area contributed by atoms with Gasteiger partial charge in [-0.05, 0) is 127 Å². The summed E-state index contributed by atoms with van der Waals surface area (Å²) in [5, 5.41) is 20.2. The van der Waals surface area contributed by atoms with Gasteiger partial charge in [0.15, 0.2) is 11.5 Å². The van der Waals surface area contributed by atoms with Crippen molar-refractivity contribution in [3.8, 4) is 11.5 Å². The van der Waals surface area contributed by atoms with E-state index in [-0.39, 0.29) is 17.1 Å². The molecule has 4 unspecified atom stereocenters. The molecule has 0 aromatic heterocycles. The normalized spacial score (nSPS) is 35.2. The first-order valence-electron chi connectivity index (χ1n) is 17.0. The summed E-state index contributed by atoms with van der Waals surface area (Å²) in [5.41, 5.74) is 3.44. The first-order chi connectivity index (χ1) is 20.0. The molecule has 0 amide bonds. The van der Waals surface area contributed by atoms with Crippen molar-refractivity contribution >= 4 is 12.0 Å². The first kappa shape index (κ1) is 31.2. The third kappa shape index (κ3) is 5.69. The van der Waals surface area contributed by atoms with E-state index < -0.39 is 5.97 Å². The lowest BCUT2D eigenvalue weighted by Gasteiger charge is -2.58. The molecule has 232 valence electrons. The molecule has 4 heteroatoms. The van der Waals surface area contributed by atoms with Gasteiger partial charge in [0.05, 0.1) is 7.11 Å². The molecule has 42 heavy (non-hydrogen) atoms. The molecule has 2 N–H and O–H groups in total. The second-order valence-electron chi connectivity index (χ2n) is 15.3. The maximum absolute atomic E-state index is 12.5. The number of benzene rings is 1. The number of carboxylic acid groups (broad SMARTS) is 1. The van der Waals surface area contributed by atoms with Crippen LogP contribution in [0.25, 0.3) is 6.08 Å². The average molecular weight is 577 g/mol. The van der Waals surface area contributed by atoms with E-state index >= 15 is 0 Å². The molecular formula is C38H56O4. The van der Waals surface area contributed by atoms with Crippen LogP contribution < -0.4 is 4.74 Å². The fourth-order valence-corrected chi connectivity index (χ4v) is 10.5. The van der Waals surface area contributed by atoms with Crippen molar-refractivity contribution in [2.45, 2.75) is 112 Å². The van der Waals surface area contributed by atoms with Gasteiger partial charge in [-0.15, -0.1) is 0 Å². The van der Waals surface area contributed by atoms with Crippen molar-refractivity contribution in [2.24, 2.45) is 52.3 Å². The highest BCUT2D eigenvalue weighted by atomic mass is 16.5. The Morgan fingerprint density at radius 2 is 1.88 bits per heavy atom. The molecule has 3 fully saturated rings. The maximum Gasteiger partial charge on any atom is 0.331 e. The predicted octanol–water partition coefficient (Wildman–Crippen LogP) is 9.92. The van der Waals surface area contributed by atoms with E-state index in [1.54, 1.807) is 24.3 Å². The number of hydrogen-bond donors (Lipinski definition) is 2. The molecule has 1 aromatic carbocycles. The number of fused-ring (bicyclic) bond motifs is 5. The highest BCUT2D eigenvalue weighted by Crippen LogP contribution is 2.68. The molecule has 0 radical (unpaired) electrons. The van der Waals surface area contributed by atoms with Gasteiger partial charge in [-0.25, -0.2) is 4.79 Å². The number of phenolic OH excluding ortho intramolecular Hbond substituents is 1. The van der Waals surface area contributed by atoms with Crippen LogP contribution in [0.3, 0.4) is 0 Å². The van der Waals surface area contributed by atoms with Crippen LogP contribution in [0.1, 0.15) is 117 Å². The van der Waals surface area contributed by atoms with Crippen LogP contribution in [-0.2, 0) is 4.79 Å². The summed E-state index contributed by atoms with van der Waals surface area (Å²) < 4.78 is 5.26. The fraction of sp³-hybridized carbons (Fsp3) is 0.711. The van der Waals surface area contributed by atoms with Gasteiger partial charge in [0.2, 0.25) is 0 Å². The van der Waals surface area contributed by atoms with E-state index in [0.29, 0.717) is 16.7 Å². The molecular weight excluding hydrogens is 520 g/mol. The monoisotopic (exact) mass is 576 g/mol. The molecule has 4 aliphatic carbocycles. The lowest BCUT2D eigenvalue weighted by atomic mass is 9.46. The van der Waals surface area contributed by atoms with Crippen LogP contribution in [0, 0.1) is 52.3 Å². The first-order valence-corrected chi connectivity index (χ1v) is 17.0. The van der Waals surface area contributed by atoms with E-state index in [4.69, 9.17) is 4.74 Å². The van der Waals surface area contributed by atoms with E-state index in [1.807, 2.05) is 0 Å². The van der Waals surface area contributed by atoms with E-state index in [1.165, 1.54) is 70.5 Å². The van der Waals surface area contributed by atoms with Gasteiger partial charge >= 0.3 is 5.97 Å². The molecule has 0 bridgehead atoms. The van der Waals surface area contributed by atoms with Gasteiger partial charge in [0.1, 0.15) is 0 Å². The second kappa shape index (κ2) is 12.4. The Morgan fingerprint density at radius 3 is 2.57 bits per heavy atom. The second-order valence-corrected chi connectivity index (χ2v) is 15.3. The van der Waals surface area contributed by atoms with Gasteiger partial charge in [-0.2, -0.15) is 0 Å². The van der Waals surface area contributed by atoms with Crippen LogP contribution in [-0.4, -0.2) is 23.3 Å². The Balaban J connectivity index is 1.33. The van der Waals surface area contributed by atoms with Gasteiger partial charge in [0, 0.05) is 5.57 Å². The highest BCUT2D eigenvalue weighted by Gasteiger charge is 2.59. The lowest BCUT2D eigenvalue weighted by molar-refractivity contribution is -0.133. The Labute approximate surface area is 255 Å². The average Bonchev–Trinajstić information content (AvgIpc) is 3.31. The van der Waals surface area contributed by atoms with E-state index in [0.717, 1.165) is 60.3 Å². The quantitative estimate of drug-likeness (QED) is 0.215. The van der Waals surface area contributed by atoms with E-state index in [9.17, 15) is 15.0 Å². The van der Waals surface area contributed by atoms with Gasteiger partial charge in [0.25, 0.3) is 0 Å². The molecule has 5 rings (SSSR count). The zero-order chi connectivity index (χ0) is 30.2. The maximum atomic E-state index is 12.5. The van der Waals surface area contributed by atoms with Crippen LogP contribution >= 0.6 is 0 Å². The molecule has 0 heterocycles. The zero-order valence-corrected chi connectivity index (χ0v) is 27.1. The molecule has 1 aromatic rings. The predicted molar refractivity (Wildman–Crippen MR) is 171 cm³/mol. The standard InChI is InChI=1S/C38H56O4/c1-7-26(10-8-9-24(2)3)31-14-15-32-29-13-12-28-23-27(17-19-37(28,4)33(29)18-20-38(31,32)5)30(36(40)41)21-25-11-16-34(39)35(22-25)42-6/h11-12,16,21-22,24,26-27,29,31-33,39H,7-10,13-15,17-20,23H2,1-6H3,(H,40,41)/t26-,27?,29?,31-,32?,33?,37+,38-/m1/s1. The number of phenols is 1. The van der Waals surface area contributed by atoms with Gasteiger partial charge in [-0.3, -0.25) is 0 Å².